The van der Waals surface area contributed by atoms with Crippen LogP contribution in [-0.2, 0) is 0 Å². The van der Waals surface area contributed by atoms with E-state index in [1.165, 1.54) is 26.6 Å². The maximum Gasteiger partial charge on any atom is 0.0672 e. The minimum Gasteiger partial charge on any atom is -0.366 e. The molecule has 1 aromatic heterocycles. The molecule has 0 saturated heterocycles. The van der Waals surface area contributed by atoms with Crippen LogP contribution < -0.4 is 10.6 Å². The summed E-state index contributed by atoms with van der Waals surface area (Å²) in [5.74, 6) is 0. The average molecular weight is 274 g/mol. The van der Waals surface area contributed by atoms with Crippen molar-refractivity contribution in [2.24, 2.45) is 5.73 Å². The molecule has 102 valence electrons. The third-order valence-corrected chi connectivity index (χ3v) is 4.55. The molecule has 0 spiro atoms. The first-order valence-corrected chi connectivity index (χ1v) is 7.41. The van der Waals surface area contributed by atoms with Gasteiger partial charge >= 0.3 is 0 Å². The zero-order chi connectivity index (χ0) is 14.0. The number of rotatable bonds is 4. The fourth-order valence-corrected chi connectivity index (χ4v) is 3.42. The molecular weight excluding hydrogens is 252 g/mol. The highest BCUT2D eigenvalue weighted by atomic mass is 32.1. The van der Waals surface area contributed by atoms with E-state index in [0.717, 1.165) is 0 Å². The van der Waals surface area contributed by atoms with Gasteiger partial charge in [0.2, 0.25) is 0 Å². The molecule has 1 unspecified atom stereocenters. The molecule has 0 fully saturated rings. The molecule has 1 aromatic carbocycles. The van der Waals surface area contributed by atoms with E-state index in [2.05, 4.69) is 63.1 Å². The van der Waals surface area contributed by atoms with Gasteiger partial charge in [-0.1, -0.05) is 17.7 Å². The van der Waals surface area contributed by atoms with E-state index in [1.807, 2.05) is 11.3 Å². The van der Waals surface area contributed by atoms with E-state index in [4.69, 9.17) is 5.73 Å². The average Bonchev–Trinajstić information content (AvgIpc) is 2.70. The number of nitrogens with two attached hydrogens (primary N) is 1. The van der Waals surface area contributed by atoms with Crippen LogP contribution in [0.3, 0.4) is 0 Å². The van der Waals surface area contributed by atoms with Gasteiger partial charge in [-0.05, 0) is 44.5 Å². The van der Waals surface area contributed by atoms with Gasteiger partial charge in [0.1, 0.15) is 0 Å². The molecule has 19 heavy (non-hydrogen) atoms. The van der Waals surface area contributed by atoms with Crippen molar-refractivity contribution in [2.45, 2.75) is 26.8 Å². The lowest BCUT2D eigenvalue weighted by Gasteiger charge is -2.29. The van der Waals surface area contributed by atoms with Crippen molar-refractivity contribution in [2.75, 3.05) is 18.5 Å². The monoisotopic (exact) mass is 274 g/mol. The summed E-state index contributed by atoms with van der Waals surface area (Å²) >= 11 is 1.85. The summed E-state index contributed by atoms with van der Waals surface area (Å²) in [6.45, 7) is 7.07. The van der Waals surface area contributed by atoms with Crippen molar-refractivity contribution in [3.63, 3.8) is 0 Å². The highest BCUT2D eigenvalue weighted by Gasteiger charge is 2.19. The van der Waals surface area contributed by atoms with Crippen LogP contribution in [0.5, 0.6) is 0 Å². The van der Waals surface area contributed by atoms with Crippen molar-refractivity contribution in [1.82, 2.24) is 0 Å². The van der Waals surface area contributed by atoms with Gasteiger partial charge in [0.05, 0.1) is 6.04 Å². The molecule has 0 aliphatic heterocycles. The molecule has 2 rings (SSSR count). The molecule has 2 nitrogen and oxygen atoms in total. The third kappa shape index (κ3) is 2.99. The van der Waals surface area contributed by atoms with Gasteiger partial charge in [0.15, 0.2) is 0 Å². The molecule has 2 aromatic rings. The number of nitrogens with zero attached hydrogens (tertiary/aromatic N) is 1. The Hall–Kier alpha value is -1.32. The second-order valence-electron chi connectivity index (χ2n) is 5.07. The van der Waals surface area contributed by atoms with E-state index >= 15 is 0 Å². The molecule has 0 bridgehead atoms. The summed E-state index contributed by atoms with van der Waals surface area (Å²) < 4.78 is 0. The van der Waals surface area contributed by atoms with E-state index < -0.39 is 0 Å². The topological polar surface area (TPSA) is 29.3 Å². The maximum absolute atomic E-state index is 6.01. The van der Waals surface area contributed by atoms with E-state index in [-0.39, 0.29) is 6.04 Å². The fourth-order valence-electron chi connectivity index (χ4n) is 2.43. The molecule has 0 saturated carbocycles. The minimum atomic E-state index is 0.243. The summed E-state index contributed by atoms with van der Waals surface area (Å²) in [4.78, 5) is 4.99. The van der Waals surface area contributed by atoms with Crippen LogP contribution in [0.2, 0.25) is 0 Å². The van der Waals surface area contributed by atoms with Crippen molar-refractivity contribution in [1.29, 1.82) is 0 Å². The number of hydrogen-bond donors (Lipinski definition) is 1. The molecule has 0 aliphatic rings. The molecular formula is C16H22N2S. The smallest absolute Gasteiger partial charge is 0.0672 e. The zero-order valence-electron chi connectivity index (χ0n) is 12.1. The third-order valence-electron chi connectivity index (χ3n) is 3.57. The van der Waals surface area contributed by atoms with Gasteiger partial charge in [0, 0.05) is 29.0 Å². The summed E-state index contributed by atoms with van der Waals surface area (Å²) in [6.07, 6.45) is 0. The van der Waals surface area contributed by atoms with Gasteiger partial charge < -0.3 is 10.6 Å². The fraction of sp³-hybridized carbons (Fsp3) is 0.375. The predicted molar refractivity (Wildman–Crippen MR) is 85.2 cm³/mol. The molecule has 0 amide bonds. The molecule has 0 radical (unpaired) electrons. The first kappa shape index (κ1) is 14.1. The van der Waals surface area contributed by atoms with Gasteiger partial charge in [0.25, 0.3) is 0 Å². The summed E-state index contributed by atoms with van der Waals surface area (Å²) in [6, 6.07) is 11.1. The minimum absolute atomic E-state index is 0.243. The summed E-state index contributed by atoms with van der Waals surface area (Å²) in [7, 11) is 2.12. The number of aryl methyl sites for hydroxylation is 3. The zero-order valence-corrected chi connectivity index (χ0v) is 12.9. The van der Waals surface area contributed by atoms with E-state index in [1.54, 1.807) is 0 Å². The first-order valence-electron chi connectivity index (χ1n) is 6.59. The molecule has 2 N–H and O–H groups in total. The van der Waals surface area contributed by atoms with Gasteiger partial charge in [-0.3, -0.25) is 0 Å². The normalized spacial score (nSPS) is 12.5. The lowest BCUT2D eigenvalue weighted by Crippen LogP contribution is -2.30. The number of anilines is 1. The lowest BCUT2D eigenvalue weighted by atomic mass is 10.1. The first-order chi connectivity index (χ1) is 9.02. The standard InChI is InChI=1S/C16H22N2S/c1-11-5-7-14(8-6-11)18(4)16(10-17)15-9-12(2)19-13(15)3/h5-9,16H,10,17H2,1-4H3. The maximum atomic E-state index is 6.01. The Labute approximate surface area is 119 Å². The van der Waals surface area contributed by atoms with Crippen LogP contribution in [0, 0.1) is 20.8 Å². The molecule has 1 atom stereocenters. The predicted octanol–water partition coefficient (Wildman–Crippen LogP) is 3.81. The van der Waals surface area contributed by atoms with Crippen molar-refractivity contribution in [3.05, 3.63) is 51.2 Å². The lowest BCUT2D eigenvalue weighted by molar-refractivity contribution is 0.679. The van der Waals surface area contributed by atoms with Gasteiger partial charge in [-0.25, -0.2) is 0 Å². The van der Waals surface area contributed by atoms with Crippen LogP contribution in [0.4, 0.5) is 5.69 Å². The Morgan fingerprint density at radius 1 is 1.16 bits per heavy atom. The second kappa shape index (κ2) is 5.76. The van der Waals surface area contributed by atoms with Crippen molar-refractivity contribution >= 4 is 17.0 Å². The van der Waals surface area contributed by atoms with Crippen LogP contribution in [0.1, 0.15) is 26.9 Å². The highest BCUT2D eigenvalue weighted by Crippen LogP contribution is 2.31. The Morgan fingerprint density at radius 3 is 2.26 bits per heavy atom. The van der Waals surface area contributed by atoms with Crippen LogP contribution in [-0.4, -0.2) is 13.6 Å². The quantitative estimate of drug-likeness (QED) is 0.918. The van der Waals surface area contributed by atoms with Crippen LogP contribution in [0.25, 0.3) is 0 Å². The van der Waals surface area contributed by atoms with Crippen molar-refractivity contribution in [3.8, 4) is 0 Å². The van der Waals surface area contributed by atoms with E-state index in [0.29, 0.717) is 6.54 Å². The number of benzene rings is 1. The summed E-state index contributed by atoms with van der Waals surface area (Å²) in [5, 5.41) is 0. The van der Waals surface area contributed by atoms with E-state index in [9.17, 15) is 0 Å². The molecule has 0 aliphatic carbocycles. The van der Waals surface area contributed by atoms with Gasteiger partial charge in [-0.15, -0.1) is 11.3 Å². The number of likely N-dealkylation sites (N-methyl/N-ethyl adjacent to an activating group) is 1. The Bertz CT molecular complexity index is 542. The number of thiophene rings is 1. The largest absolute Gasteiger partial charge is 0.366 e. The van der Waals surface area contributed by atoms with Crippen LogP contribution >= 0.6 is 11.3 Å². The molecule has 1 heterocycles. The Morgan fingerprint density at radius 2 is 1.79 bits per heavy atom. The van der Waals surface area contributed by atoms with Gasteiger partial charge in [-0.2, -0.15) is 0 Å². The Kier molecular flexibility index (Phi) is 4.27. The molecule has 3 heteroatoms. The van der Waals surface area contributed by atoms with Crippen LogP contribution in [0.15, 0.2) is 30.3 Å². The number of hydrogen-bond acceptors (Lipinski definition) is 3. The second-order valence-corrected chi connectivity index (χ2v) is 6.53. The van der Waals surface area contributed by atoms with Crippen molar-refractivity contribution < 1.29 is 0 Å². The Balaban J connectivity index is 2.31. The summed E-state index contributed by atoms with van der Waals surface area (Å²) in [5.41, 5.74) is 9.86. The highest BCUT2D eigenvalue weighted by molar-refractivity contribution is 7.12. The SMILES string of the molecule is Cc1ccc(N(C)C(CN)c2cc(C)sc2C)cc1.